The van der Waals surface area contributed by atoms with Crippen LogP contribution < -0.4 is 9.79 Å². The van der Waals surface area contributed by atoms with Crippen LogP contribution in [0.1, 0.15) is 0 Å². The van der Waals surface area contributed by atoms with Crippen molar-refractivity contribution in [2.45, 2.75) is 0 Å². The molecule has 2 N–H and O–H groups in total. The fraction of sp³-hybridized carbons (Fsp3) is 0. The zero-order valence-electron chi connectivity index (χ0n) is 4.43. The molecular formula is H2Ag2O7P2. The minimum atomic E-state index is -5.55. The molecule has 0 rings (SSSR count). The van der Waals surface area contributed by atoms with Crippen molar-refractivity contribution in [3.8, 4) is 0 Å². The summed E-state index contributed by atoms with van der Waals surface area (Å²) >= 11 is 0. The van der Waals surface area contributed by atoms with E-state index in [2.05, 4.69) is 4.31 Å². The van der Waals surface area contributed by atoms with E-state index < -0.39 is 15.6 Å². The Balaban J connectivity index is -0.000000320. The van der Waals surface area contributed by atoms with Crippen LogP contribution in [0.25, 0.3) is 0 Å². The molecule has 0 aromatic heterocycles. The number of phosphoric acid groups is 2. The van der Waals surface area contributed by atoms with E-state index in [1.807, 2.05) is 0 Å². The summed E-state index contributed by atoms with van der Waals surface area (Å²) in [6, 6.07) is 0. The molecule has 0 bridgehead atoms. The van der Waals surface area contributed by atoms with Crippen molar-refractivity contribution >= 4 is 15.6 Å². The predicted molar refractivity (Wildman–Crippen MR) is 20.7 cm³/mol. The fourth-order valence-corrected chi connectivity index (χ4v) is 1.17. The summed E-state index contributed by atoms with van der Waals surface area (Å²) < 4.78 is 21.7. The second-order valence-corrected chi connectivity index (χ2v) is 3.55. The molecule has 7 nitrogen and oxygen atoms in total. The second-order valence-electron chi connectivity index (χ2n) is 1.02. The molecule has 0 aromatic carbocycles. The third-order valence-electron chi connectivity index (χ3n) is 0.206. The van der Waals surface area contributed by atoms with Gasteiger partial charge in [-0.25, -0.2) is 4.57 Å². The summed E-state index contributed by atoms with van der Waals surface area (Å²) in [5.41, 5.74) is 0. The summed E-state index contributed by atoms with van der Waals surface area (Å²) in [6.07, 6.45) is 0. The molecular weight excluding hydrogens is 390 g/mol. The normalized spacial score (nSPS) is 11.3. The van der Waals surface area contributed by atoms with E-state index in [1.54, 1.807) is 0 Å². The first-order valence-electron chi connectivity index (χ1n) is 1.50. The van der Waals surface area contributed by atoms with Crippen LogP contribution in [0.5, 0.6) is 0 Å². The van der Waals surface area contributed by atoms with Gasteiger partial charge < -0.3 is 24.1 Å². The van der Waals surface area contributed by atoms with E-state index in [9.17, 15) is 18.9 Å². The van der Waals surface area contributed by atoms with Crippen LogP contribution in [0, 0.1) is 0 Å². The van der Waals surface area contributed by atoms with Gasteiger partial charge >= 0.3 is 52.6 Å². The average molecular weight is 392 g/mol. The number of hydrogen-bond acceptors (Lipinski definition) is 5. The van der Waals surface area contributed by atoms with E-state index >= 15 is 0 Å². The van der Waals surface area contributed by atoms with Crippen LogP contribution in [0.2, 0.25) is 0 Å². The van der Waals surface area contributed by atoms with Crippen LogP contribution in [0.3, 0.4) is 0 Å². The molecule has 11 heavy (non-hydrogen) atoms. The third-order valence-corrected chi connectivity index (χ3v) is 1.86. The van der Waals surface area contributed by atoms with E-state index in [1.165, 1.54) is 0 Å². The maximum atomic E-state index is 9.55. The summed E-state index contributed by atoms with van der Waals surface area (Å²) in [7, 11) is -10.7. The minimum absolute atomic E-state index is 0. The van der Waals surface area contributed by atoms with Gasteiger partial charge in [-0.2, -0.15) is 0 Å². The molecule has 0 fully saturated rings. The van der Waals surface area contributed by atoms with Crippen molar-refractivity contribution in [2.24, 2.45) is 0 Å². The number of hydrogen-bond donors (Lipinski definition) is 2. The van der Waals surface area contributed by atoms with Crippen molar-refractivity contribution < 1.29 is 77.8 Å². The largest absolute Gasteiger partial charge is 1.00 e. The SMILES string of the molecule is O=P([O-])([O-])OP(=O)(O)O.[Ag+].[Ag+]. The van der Waals surface area contributed by atoms with Crippen LogP contribution >= 0.6 is 15.6 Å². The topological polar surface area (TPSA) is 130 Å². The van der Waals surface area contributed by atoms with Crippen molar-refractivity contribution in [3.63, 3.8) is 0 Å². The van der Waals surface area contributed by atoms with Crippen LogP contribution in [0.15, 0.2) is 0 Å². The Morgan fingerprint density at radius 1 is 1.09 bits per heavy atom. The summed E-state index contributed by atoms with van der Waals surface area (Å²) in [4.78, 5) is 34.1. The molecule has 0 saturated heterocycles. The maximum Gasteiger partial charge on any atom is 1.00 e. The summed E-state index contributed by atoms with van der Waals surface area (Å²) in [5.74, 6) is 0. The molecule has 0 aliphatic heterocycles. The van der Waals surface area contributed by atoms with Gasteiger partial charge in [0.05, 0.1) is 7.82 Å². The van der Waals surface area contributed by atoms with Gasteiger partial charge in [-0.15, -0.1) is 0 Å². The monoisotopic (exact) mass is 390 g/mol. The molecule has 0 unspecified atom stereocenters. The Kier molecular flexibility index (Phi) is 10.5. The van der Waals surface area contributed by atoms with Crippen molar-refractivity contribution in [2.75, 3.05) is 0 Å². The van der Waals surface area contributed by atoms with Crippen LogP contribution in [0.4, 0.5) is 0 Å². The first-order valence-corrected chi connectivity index (χ1v) is 4.49. The van der Waals surface area contributed by atoms with Gasteiger partial charge in [-0.1, -0.05) is 0 Å². The molecule has 0 aliphatic carbocycles. The van der Waals surface area contributed by atoms with E-state index in [-0.39, 0.29) is 44.8 Å². The van der Waals surface area contributed by atoms with Gasteiger partial charge in [-0.3, -0.25) is 4.31 Å². The molecule has 0 heterocycles. The standard InChI is InChI=1S/2Ag.H4O7P2/c;;1-8(2,3)7-9(4,5)6/h;;(H2,1,2,3)(H2,4,5,6)/q2*+1;/p-2. The van der Waals surface area contributed by atoms with Crippen molar-refractivity contribution in [1.82, 2.24) is 0 Å². The molecule has 0 amide bonds. The molecule has 76 valence electrons. The maximum absolute atomic E-state index is 9.55. The van der Waals surface area contributed by atoms with Crippen molar-refractivity contribution in [1.29, 1.82) is 0 Å². The Labute approximate surface area is 93.0 Å². The molecule has 0 radical (unpaired) electrons. The minimum Gasteiger partial charge on any atom is -0.789 e. The smallest absolute Gasteiger partial charge is 0.789 e. The van der Waals surface area contributed by atoms with Gasteiger partial charge in [0.1, 0.15) is 0 Å². The Morgan fingerprint density at radius 2 is 1.36 bits per heavy atom. The molecule has 0 atom stereocenters. The molecule has 0 aliphatic rings. The van der Waals surface area contributed by atoms with E-state index in [4.69, 9.17) is 9.79 Å². The van der Waals surface area contributed by atoms with Gasteiger partial charge in [-0.05, 0) is 0 Å². The number of rotatable bonds is 2. The molecule has 0 aromatic rings. The quantitative estimate of drug-likeness (QED) is 0.408. The fourth-order valence-electron chi connectivity index (χ4n) is 0.130. The zero-order chi connectivity index (χ0) is 7.71. The summed E-state index contributed by atoms with van der Waals surface area (Å²) in [5, 5.41) is 0. The van der Waals surface area contributed by atoms with Crippen molar-refractivity contribution in [3.05, 3.63) is 0 Å². The predicted octanol–water partition coefficient (Wildman–Crippen LogP) is -2.08. The molecule has 0 saturated carbocycles. The van der Waals surface area contributed by atoms with Crippen LogP contribution in [-0.4, -0.2) is 9.79 Å². The van der Waals surface area contributed by atoms with Gasteiger partial charge in [0.25, 0.3) is 0 Å². The Hall–Kier alpha value is 1.74. The van der Waals surface area contributed by atoms with Crippen LogP contribution in [-0.2, 0) is 58.2 Å². The van der Waals surface area contributed by atoms with Gasteiger partial charge in [0, 0.05) is 0 Å². The second kappa shape index (κ2) is 6.23. The molecule has 0 spiro atoms. The van der Waals surface area contributed by atoms with E-state index in [0.29, 0.717) is 0 Å². The van der Waals surface area contributed by atoms with E-state index in [0.717, 1.165) is 0 Å². The average Bonchev–Trinajstić information content (AvgIpc) is 1.14. The first kappa shape index (κ1) is 18.5. The Bertz CT molecular complexity index is 155. The Morgan fingerprint density at radius 3 is 1.36 bits per heavy atom. The zero-order valence-corrected chi connectivity index (χ0v) is 9.19. The van der Waals surface area contributed by atoms with Gasteiger partial charge in [0.2, 0.25) is 0 Å². The molecule has 11 heteroatoms. The first-order chi connectivity index (χ1) is 3.71. The third kappa shape index (κ3) is 18.6. The van der Waals surface area contributed by atoms with Gasteiger partial charge in [0.15, 0.2) is 0 Å². The summed E-state index contributed by atoms with van der Waals surface area (Å²) in [6.45, 7) is 0.